The van der Waals surface area contributed by atoms with E-state index in [4.69, 9.17) is 5.11 Å². The lowest BCUT2D eigenvalue weighted by Gasteiger charge is -2.04. The highest BCUT2D eigenvalue weighted by Crippen LogP contribution is 1.89. The summed E-state index contributed by atoms with van der Waals surface area (Å²) in [7, 11) is 0. The van der Waals surface area contributed by atoms with Gasteiger partial charge in [0.2, 0.25) is 0 Å². The third kappa shape index (κ3) is 7.92. The van der Waals surface area contributed by atoms with E-state index < -0.39 is 0 Å². The molecule has 0 atom stereocenters. The third-order valence-electron chi connectivity index (χ3n) is 0.990. The Morgan fingerprint density at radius 2 is 2.11 bits per heavy atom. The van der Waals surface area contributed by atoms with E-state index in [2.05, 4.69) is 19.2 Å². The van der Waals surface area contributed by atoms with E-state index in [0.717, 1.165) is 19.5 Å². The van der Waals surface area contributed by atoms with Crippen molar-refractivity contribution in [2.45, 2.75) is 20.3 Å². The summed E-state index contributed by atoms with van der Waals surface area (Å²) in [6, 6.07) is 0. The number of rotatable bonds is 5. The molecule has 2 N–H and O–H groups in total. The zero-order chi connectivity index (χ0) is 7.11. The zero-order valence-corrected chi connectivity index (χ0v) is 6.28. The van der Waals surface area contributed by atoms with Gasteiger partial charge < -0.3 is 10.4 Å². The molecule has 0 saturated heterocycles. The first-order valence-electron chi connectivity index (χ1n) is 3.38. The minimum absolute atomic E-state index is 0.287. The maximum Gasteiger partial charge on any atom is 0.0443 e. The predicted octanol–water partition coefficient (Wildman–Crippen LogP) is 0.573. The summed E-state index contributed by atoms with van der Waals surface area (Å²) in [4.78, 5) is 0. The molecule has 0 amide bonds. The molecule has 0 saturated carbocycles. The summed E-state index contributed by atoms with van der Waals surface area (Å²) in [6.07, 6.45) is 0.854. The Bertz CT molecular complexity index is 54.9. The zero-order valence-electron chi connectivity index (χ0n) is 6.28. The van der Waals surface area contributed by atoms with Crippen LogP contribution in [0.4, 0.5) is 0 Å². The first-order chi connectivity index (χ1) is 4.27. The molecule has 2 nitrogen and oxygen atoms in total. The fourth-order valence-electron chi connectivity index (χ4n) is 0.542. The summed E-state index contributed by atoms with van der Waals surface area (Å²) in [5, 5.41) is 11.6. The van der Waals surface area contributed by atoms with Crippen molar-refractivity contribution in [2.24, 2.45) is 0 Å². The van der Waals surface area contributed by atoms with Crippen LogP contribution < -0.4 is 5.32 Å². The fraction of sp³-hybridized carbons (Fsp3) is 0.857. The average Bonchev–Trinajstić information content (AvgIpc) is 1.80. The van der Waals surface area contributed by atoms with Crippen molar-refractivity contribution >= 4 is 0 Å². The minimum atomic E-state index is 0.287. The van der Waals surface area contributed by atoms with E-state index in [1.165, 1.54) is 5.92 Å². The summed E-state index contributed by atoms with van der Waals surface area (Å²) in [6.45, 7) is 6.36. The highest BCUT2D eigenvalue weighted by Gasteiger charge is 1.90. The van der Waals surface area contributed by atoms with Crippen LogP contribution in [0.1, 0.15) is 20.3 Å². The van der Waals surface area contributed by atoms with E-state index in [1.54, 1.807) is 0 Å². The molecule has 0 unspecified atom stereocenters. The van der Waals surface area contributed by atoms with Crippen LogP contribution in [0, 0.1) is 5.92 Å². The Kier molecular flexibility index (Phi) is 5.99. The summed E-state index contributed by atoms with van der Waals surface area (Å²) in [5.74, 6) is 1.38. The normalized spacial score (nSPS) is 10.7. The molecule has 1 radical (unpaired) electrons. The fourth-order valence-corrected chi connectivity index (χ4v) is 0.542. The molecule has 0 bridgehead atoms. The predicted molar refractivity (Wildman–Crippen MR) is 39.2 cm³/mol. The Labute approximate surface area is 57.3 Å². The SMILES string of the molecule is C[C](C)CNCCCO. The summed E-state index contributed by atoms with van der Waals surface area (Å²) >= 11 is 0. The van der Waals surface area contributed by atoms with Crippen LogP contribution in [0.3, 0.4) is 0 Å². The highest BCUT2D eigenvalue weighted by atomic mass is 16.3. The lowest BCUT2D eigenvalue weighted by molar-refractivity contribution is 0.286. The van der Waals surface area contributed by atoms with Crippen LogP contribution in [-0.2, 0) is 0 Å². The molecule has 0 aromatic heterocycles. The van der Waals surface area contributed by atoms with Crippen molar-refractivity contribution in [1.29, 1.82) is 0 Å². The molecule has 0 aliphatic heterocycles. The quantitative estimate of drug-likeness (QED) is 0.533. The van der Waals surface area contributed by atoms with Gasteiger partial charge in [0.15, 0.2) is 0 Å². The number of hydrogen-bond donors (Lipinski definition) is 2. The van der Waals surface area contributed by atoms with Gasteiger partial charge in [-0.15, -0.1) is 0 Å². The van der Waals surface area contributed by atoms with E-state index in [0.29, 0.717) is 0 Å². The number of aliphatic hydroxyl groups is 1. The lowest BCUT2D eigenvalue weighted by Crippen LogP contribution is -2.20. The number of nitrogens with one attached hydrogen (secondary N) is 1. The molecule has 0 aromatic rings. The van der Waals surface area contributed by atoms with Gasteiger partial charge in [-0.1, -0.05) is 13.8 Å². The van der Waals surface area contributed by atoms with Gasteiger partial charge in [-0.05, 0) is 18.9 Å². The Balaban J connectivity index is 2.75. The largest absolute Gasteiger partial charge is 0.396 e. The van der Waals surface area contributed by atoms with Crippen molar-refractivity contribution in [3.8, 4) is 0 Å². The van der Waals surface area contributed by atoms with Crippen molar-refractivity contribution in [1.82, 2.24) is 5.32 Å². The van der Waals surface area contributed by atoms with Gasteiger partial charge in [-0.2, -0.15) is 0 Å². The van der Waals surface area contributed by atoms with Crippen LogP contribution >= 0.6 is 0 Å². The van der Waals surface area contributed by atoms with Gasteiger partial charge in [0, 0.05) is 13.2 Å². The van der Waals surface area contributed by atoms with Crippen LogP contribution in [0.25, 0.3) is 0 Å². The van der Waals surface area contributed by atoms with Gasteiger partial charge in [0.25, 0.3) is 0 Å². The Morgan fingerprint density at radius 1 is 1.44 bits per heavy atom. The minimum Gasteiger partial charge on any atom is -0.396 e. The summed E-state index contributed by atoms with van der Waals surface area (Å²) in [5.41, 5.74) is 0. The van der Waals surface area contributed by atoms with Crippen LogP contribution in [0.15, 0.2) is 0 Å². The third-order valence-corrected chi connectivity index (χ3v) is 0.990. The smallest absolute Gasteiger partial charge is 0.0443 e. The molecule has 0 rings (SSSR count). The molecular weight excluding hydrogens is 114 g/mol. The van der Waals surface area contributed by atoms with Crippen molar-refractivity contribution in [3.05, 3.63) is 5.92 Å². The molecule has 0 aliphatic carbocycles. The molecule has 9 heavy (non-hydrogen) atoms. The highest BCUT2D eigenvalue weighted by molar-refractivity contribution is 4.79. The van der Waals surface area contributed by atoms with E-state index >= 15 is 0 Å². The monoisotopic (exact) mass is 130 g/mol. The second kappa shape index (κ2) is 6.05. The van der Waals surface area contributed by atoms with Gasteiger partial charge >= 0.3 is 0 Å². The van der Waals surface area contributed by atoms with Crippen molar-refractivity contribution in [2.75, 3.05) is 19.7 Å². The second-order valence-corrected chi connectivity index (χ2v) is 2.46. The van der Waals surface area contributed by atoms with Gasteiger partial charge in [-0.25, -0.2) is 0 Å². The van der Waals surface area contributed by atoms with E-state index in [9.17, 15) is 0 Å². The van der Waals surface area contributed by atoms with Gasteiger partial charge in [0.1, 0.15) is 0 Å². The van der Waals surface area contributed by atoms with Crippen LogP contribution in [0.2, 0.25) is 0 Å². The van der Waals surface area contributed by atoms with Crippen molar-refractivity contribution < 1.29 is 5.11 Å². The average molecular weight is 130 g/mol. The van der Waals surface area contributed by atoms with E-state index in [1.807, 2.05) is 0 Å². The number of hydrogen-bond acceptors (Lipinski definition) is 2. The molecule has 0 spiro atoms. The van der Waals surface area contributed by atoms with Crippen LogP contribution in [0.5, 0.6) is 0 Å². The van der Waals surface area contributed by atoms with Crippen molar-refractivity contribution in [3.63, 3.8) is 0 Å². The maximum atomic E-state index is 8.38. The maximum absolute atomic E-state index is 8.38. The van der Waals surface area contributed by atoms with Gasteiger partial charge in [-0.3, -0.25) is 0 Å². The van der Waals surface area contributed by atoms with Crippen LogP contribution in [-0.4, -0.2) is 24.8 Å². The second-order valence-electron chi connectivity index (χ2n) is 2.46. The first-order valence-corrected chi connectivity index (χ1v) is 3.38. The molecule has 0 aliphatic rings. The molecular formula is C7H16NO. The topological polar surface area (TPSA) is 32.3 Å². The standard InChI is InChI=1S/C7H16NO/c1-7(2)6-8-4-3-5-9/h8-9H,3-6H2,1-2H3. The molecule has 0 aromatic carbocycles. The number of aliphatic hydroxyl groups excluding tert-OH is 1. The van der Waals surface area contributed by atoms with E-state index in [-0.39, 0.29) is 6.61 Å². The Morgan fingerprint density at radius 3 is 2.56 bits per heavy atom. The Hall–Kier alpha value is -0.0800. The molecule has 0 fully saturated rings. The summed E-state index contributed by atoms with van der Waals surface area (Å²) < 4.78 is 0. The molecule has 2 heteroatoms. The van der Waals surface area contributed by atoms with Gasteiger partial charge in [0.05, 0.1) is 0 Å². The molecule has 55 valence electrons. The lowest BCUT2D eigenvalue weighted by atomic mass is 10.2. The first kappa shape index (κ1) is 8.92. The molecule has 0 heterocycles.